The summed E-state index contributed by atoms with van der Waals surface area (Å²) in [4.78, 5) is 28.4. The van der Waals surface area contributed by atoms with Gasteiger partial charge in [0.1, 0.15) is 0 Å². The molecule has 0 bridgehead atoms. The first-order chi connectivity index (χ1) is 12.0. The third kappa shape index (κ3) is 4.48. The number of thiazole rings is 1. The van der Waals surface area contributed by atoms with E-state index in [4.69, 9.17) is 23.2 Å². The van der Waals surface area contributed by atoms with Gasteiger partial charge >= 0.3 is 0 Å². The summed E-state index contributed by atoms with van der Waals surface area (Å²) in [6.07, 6.45) is 0.711. The average Bonchev–Trinajstić information content (AvgIpc) is 3.03. The molecule has 0 aliphatic rings. The average molecular weight is 394 g/mol. The molecule has 0 aliphatic carbocycles. The fraction of sp³-hybridized carbons (Fsp3) is 0.118. The number of carbonyl (C=O) groups excluding carboxylic acids is 2. The minimum absolute atomic E-state index is 0.195. The number of halogens is 2. The third-order valence-electron chi connectivity index (χ3n) is 3.39. The van der Waals surface area contributed by atoms with Gasteiger partial charge < -0.3 is 0 Å². The molecule has 1 heterocycles. The molecule has 2 aromatic carbocycles. The van der Waals surface area contributed by atoms with Gasteiger partial charge in [-0.05, 0) is 30.3 Å². The molecule has 25 heavy (non-hydrogen) atoms. The lowest BCUT2D eigenvalue weighted by molar-refractivity contribution is -0.121. The molecule has 0 atom stereocenters. The highest BCUT2D eigenvalue weighted by atomic mass is 35.5. The van der Waals surface area contributed by atoms with Crippen LogP contribution in [0.1, 0.15) is 21.8 Å². The second-order valence-corrected chi connectivity index (χ2v) is 7.16. The number of nitrogens with one attached hydrogen (secondary N) is 2. The number of aryl methyl sites for hydroxylation is 1. The highest BCUT2D eigenvalue weighted by Crippen LogP contribution is 2.22. The number of rotatable bonds is 4. The Morgan fingerprint density at radius 2 is 1.88 bits per heavy atom. The predicted molar refractivity (Wildman–Crippen MR) is 100 cm³/mol. The lowest BCUT2D eigenvalue weighted by atomic mass is 10.2. The fourth-order valence-corrected chi connectivity index (χ4v) is 3.52. The predicted octanol–water partition coefficient (Wildman–Crippen LogP) is 4.00. The molecule has 0 aliphatic heterocycles. The summed E-state index contributed by atoms with van der Waals surface area (Å²) in [7, 11) is 0. The van der Waals surface area contributed by atoms with Crippen molar-refractivity contribution in [3.05, 3.63) is 63.1 Å². The zero-order valence-electron chi connectivity index (χ0n) is 12.9. The smallest absolute Gasteiger partial charge is 0.271 e. The summed E-state index contributed by atoms with van der Waals surface area (Å²) < 4.78 is 1.09. The minimum Gasteiger partial charge on any atom is -0.273 e. The summed E-state index contributed by atoms with van der Waals surface area (Å²) in [5, 5.41) is 1.52. The highest BCUT2D eigenvalue weighted by molar-refractivity contribution is 7.18. The molecule has 0 fully saturated rings. The van der Waals surface area contributed by atoms with Crippen molar-refractivity contribution in [3.8, 4) is 0 Å². The van der Waals surface area contributed by atoms with E-state index >= 15 is 0 Å². The number of fused-ring (bicyclic) bond motifs is 1. The van der Waals surface area contributed by atoms with Crippen molar-refractivity contribution in [2.75, 3.05) is 0 Å². The van der Waals surface area contributed by atoms with Gasteiger partial charge in [0.25, 0.3) is 5.91 Å². The van der Waals surface area contributed by atoms with Crippen LogP contribution in [0.25, 0.3) is 10.2 Å². The Labute approximate surface area is 157 Å². The van der Waals surface area contributed by atoms with E-state index in [1.807, 2.05) is 24.3 Å². The molecule has 3 aromatic rings. The van der Waals surface area contributed by atoms with E-state index in [1.54, 1.807) is 17.4 Å². The molecule has 0 saturated carbocycles. The summed E-state index contributed by atoms with van der Waals surface area (Å²) in [5.41, 5.74) is 5.82. The van der Waals surface area contributed by atoms with Crippen LogP contribution in [-0.4, -0.2) is 16.8 Å². The maximum Gasteiger partial charge on any atom is 0.271 e. The third-order valence-corrected chi connectivity index (χ3v) is 5.05. The van der Waals surface area contributed by atoms with Gasteiger partial charge in [-0.25, -0.2) is 4.98 Å². The van der Waals surface area contributed by atoms with Crippen LogP contribution in [0, 0.1) is 0 Å². The van der Waals surface area contributed by atoms with E-state index in [9.17, 15) is 9.59 Å². The van der Waals surface area contributed by atoms with Crippen molar-refractivity contribution in [3.63, 3.8) is 0 Å². The molecule has 1 aromatic heterocycles. The van der Waals surface area contributed by atoms with Crippen molar-refractivity contribution in [1.82, 2.24) is 15.8 Å². The standard InChI is InChI=1S/C17H13Cl2N3O2S/c18-10-5-6-12(19)11(9-10)17(24)22-21-15(23)7-8-16-20-13-3-1-2-4-14(13)25-16/h1-6,9H,7-8H2,(H,21,23)(H,22,24). The molecule has 0 saturated heterocycles. The van der Waals surface area contributed by atoms with Gasteiger partial charge in [0.2, 0.25) is 5.91 Å². The van der Waals surface area contributed by atoms with E-state index in [0.29, 0.717) is 11.4 Å². The van der Waals surface area contributed by atoms with E-state index in [-0.39, 0.29) is 22.9 Å². The second-order valence-electron chi connectivity index (χ2n) is 5.20. The highest BCUT2D eigenvalue weighted by Gasteiger charge is 2.12. The van der Waals surface area contributed by atoms with Gasteiger partial charge in [-0.1, -0.05) is 35.3 Å². The normalized spacial score (nSPS) is 10.6. The van der Waals surface area contributed by atoms with Crippen LogP contribution in [0.3, 0.4) is 0 Å². The van der Waals surface area contributed by atoms with Crippen LogP contribution in [0.15, 0.2) is 42.5 Å². The van der Waals surface area contributed by atoms with Gasteiger partial charge in [0.05, 0.1) is 25.8 Å². The Morgan fingerprint density at radius 3 is 2.68 bits per heavy atom. The Kier molecular flexibility index (Phi) is 5.53. The molecular formula is C17H13Cl2N3O2S. The summed E-state index contributed by atoms with van der Waals surface area (Å²) in [5.74, 6) is -0.841. The first-order valence-corrected chi connectivity index (χ1v) is 8.99. The van der Waals surface area contributed by atoms with Gasteiger partial charge in [-0.15, -0.1) is 11.3 Å². The van der Waals surface area contributed by atoms with Crippen molar-refractivity contribution >= 4 is 56.6 Å². The number of nitrogens with zero attached hydrogens (tertiary/aromatic N) is 1. The van der Waals surface area contributed by atoms with Crippen molar-refractivity contribution in [1.29, 1.82) is 0 Å². The largest absolute Gasteiger partial charge is 0.273 e. The molecule has 128 valence electrons. The number of hydrogen-bond acceptors (Lipinski definition) is 4. The second kappa shape index (κ2) is 7.82. The fourth-order valence-electron chi connectivity index (χ4n) is 2.18. The lowest BCUT2D eigenvalue weighted by Gasteiger charge is -2.08. The molecule has 0 radical (unpaired) electrons. The van der Waals surface area contributed by atoms with Gasteiger partial charge in [0.15, 0.2) is 0 Å². The number of para-hydroxylation sites is 1. The number of hydrogen-bond donors (Lipinski definition) is 2. The first-order valence-electron chi connectivity index (χ1n) is 7.41. The summed E-state index contributed by atoms with van der Waals surface area (Å²) in [6.45, 7) is 0. The van der Waals surface area contributed by atoms with Gasteiger partial charge in [0, 0.05) is 17.9 Å². The zero-order chi connectivity index (χ0) is 17.8. The molecular weight excluding hydrogens is 381 g/mol. The van der Waals surface area contributed by atoms with E-state index in [0.717, 1.165) is 15.2 Å². The Morgan fingerprint density at radius 1 is 1.08 bits per heavy atom. The van der Waals surface area contributed by atoms with Gasteiger partial charge in [-0.3, -0.25) is 20.4 Å². The van der Waals surface area contributed by atoms with Gasteiger partial charge in [-0.2, -0.15) is 0 Å². The number of benzene rings is 2. The van der Waals surface area contributed by atoms with Crippen LogP contribution in [0.4, 0.5) is 0 Å². The Hall–Kier alpha value is -2.15. The molecule has 5 nitrogen and oxygen atoms in total. The number of aromatic nitrogens is 1. The summed E-state index contributed by atoms with van der Waals surface area (Å²) >= 11 is 13.3. The summed E-state index contributed by atoms with van der Waals surface area (Å²) in [6, 6.07) is 12.3. The maximum atomic E-state index is 12.0. The Balaban J connectivity index is 1.52. The van der Waals surface area contributed by atoms with Crippen molar-refractivity contribution < 1.29 is 9.59 Å². The number of hydrazine groups is 1. The lowest BCUT2D eigenvalue weighted by Crippen LogP contribution is -2.41. The van der Waals surface area contributed by atoms with E-state index in [1.165, 1.54) is 12.1 Å². The van der Waals surface area contributed by atoms with Crippen LogP contribution < -0.4 is 10.9 Å². The monoisotopic (exact) mass is 393 g/mol. The van der Waals surface area contributed by atoms with Crippen molar-refractivity contribution in [2.24, 2.45) is 0 Å². The number of amides is 2. The SMILES string of the molecule is O=C(CCc1nc2ccccc2s1)NNC(=O)c1cc(Cl)ccc1Cl. The van der Waals surface area contributed by atoms with Crippen LogP contribution >= 0.6 is 34.5 Å². The van der Waals surface area contributed by atoms with E-state index < -0.39 is 5.91 Å². The Bertz CT molecular complexity index is 910. The molecule has 3 rings (SSSR count). The maximum absolute atomic E-state index is 12.0. The van der Waals surface area contributed by atoms with Crippen LogP contribution in [0.2, 0.25) is 10.0 Å². The zero-order valence-corrected chi connectivity index (χ0v) is 15.2. The van der Waals surface area contributed by atoms with Crippen LogP contribution in [0.5, 0.6) is 0 Å². The van der Waals surface area contributed by atoms with E-state index in [2.05, 4.69) is 15.8 Å². The quantitative estimate of drug-likeness (QED) is 0.658. The molecule has 8 heteroatoms. The first kappa shape index (κ1) is 17.7. The molecule has 0 spiro atoms. The topological polar surface area (TPSA) is 71.1 Å². The molecule has 2 N–H and O–H groups in total. The molecule has 2 amide bonds. The molecule has 0 unspecified atom stereocenters. The van der Waals surface area contributed by atoms with Crippen molar-refractivity contribution in [2.45, 2.75) is 12.8 Å². The minimum atomic E-state index is -0.527. The number of carbonyl (C=O) groups is 2. The van der Waals surface area contributed by atoms with Crippen LogP contribution in [-0.2, 0) is 11.2 Å².